The Balaban J connectivity index is 1.76. The van der Waals surface area contributed by atoms with E-state index in [1.165, 1.54) is 6.20 Å². The third kappa shape index (κ3) is 2.59. The van der Waals surface area contributed by atoms with Gasteiger partial charge < -0.3 is 4.98 Å². The molecule has 3 aromatic rings. The summed E-state index contributed by atoms with van der Waals surface area (Å²) in [6.07, 6.45) is 5.59. The first-order valence-electron chi connectivity index (χ1n) is 8.03. The summed E-state index contributed by atoms with van der Waals surface area (Å²) in [6.45, 7) is 0.499. The van der Waals surface area contributed by atoms with Crippen LogP contribution in [-0.2, 0) is 10.0 Å². The summed E-state index contributed by atoms with van der Waals surface area (Å²) >= 11 is 0. The topological polar surface area (TPSA) is 79.0 Å². The van der Waals surface area contributed by atoms with Gasteiger partial charge >= 0.3 is 0 Å². The van der Waals surface area contributed by atoms with Gasteiger partial charge in [-0.3, -0.25) is 4.98 Å². The highest BCUT2D eigenvalue weighted by atomic mass is 32.2. The molecule has 0 radical (unpaired) electrons. The summed E-state index contributed by atoms with van der Waals surface area (Å²) in [5.74, 6) is 0.711. The van der Waals surface area contributed by atoms with Gasteiger partial charge in [0.05, 0.1) is 17.1 Å². The van der Waals surface area contributed by atoms with Crippen molar-refractivity contribution < 1.29 is 8.42 Å². The van der Waals surface area contributed by atoms with Crippen molar-refractivity contribution in [3.05, 3.63) is 54.6 Å². The summed E-state index contributed by atoms with van der Waals surface area (Å²) in [6, 6.07) is 10.7. The molecule has 0 spiro atoms. The Labute approximate surface area is 140 Å². The summed E-state index contributed by atoms with van der Waals surface area (Å²) in [5, 5.41) is 0. The van der Waals surface area contributed by atoms with E-state index in [9.17, 15) is 8.42 Å². The van der Waals surface area contributed by atoms with Gasteiger partial charge in [0.25, 0.3) is 0 Å². The van der Waals surface area contributed by atoms with Crippen LogP contribution in [0.5, 0.6) is 0 Å². The van der Waals surface area contributed by atoms with Gasteiger partial charge in [-0.2, -0.15) is 4.31 Å². The maximum Gasteiger partial charge on any atom is 0.245 e. The van der Waals surface area contributed by atoms with E-state index in [1.807, 2.05) is 24.3 Å². The molecule has 1 atom stereocenters. The minimum absolute atomic E-state index is 0.230. The number of H-pyrrole nitrogens is 1. The highest BCUT2D eigenvalue weighted by Crippen LogP contribution is 2.34. The smallest absolute Gasteiger partial charge is 0.245 e. The van der Waals surface area contributed by atoms with Crippen molar-refractivity contribution in [1.29, 1.82) is 0 Å². The maximum atomic E-state index is 13.0. The number of hydrogen-bond acceptors (Lipinski definition) is 4. The number of rotatable bonds is 3. The molecular formula is C17H18N4O2S. The second-order valence-corrected chi connectivity index (χ2v) is 7.85. The number of aromatic amines is 1. The van der Waals surface area contributed by atoms with Crippen molar-refractivity contribution in [3.63, 3.8) is 0 Å². The van der Waals surface area contributed by atoms with Crippen molar-refractivity contribution in [2.45, 2.75) is 30.2 Å². The Morgan fingerprint density at radius 2 is 2.00 bits per heavy atom. The molecule has 3 heterocycles. The number of para-hydroxylation sites is 2. The molecule has 1 aromatic carbocycles. The Hall–Kier alpha value is -2.25. The largest absolute Gasteiger partial charge is 0.341 e. The van der Waals surface area contributed by atoms with Crippen LogP contribution < -0.4 is 0 Å². The third-order valence-electron chi connectivity index (χ3n) is 4.42. The number of nitrogens with zero attached hydrogens (tertiary/aromatic N) is 3. The van der Waals surface area contributed by atoms with Gasteiger partial charge in [-0.15, -0.1) is 0 Å². The number of hydrogen-bond donors (Lipinski definition) is 1. The molecule has 1 saturated heterocycles. The van der Waals surface area contributed by atoms with E-state index in [0.717, 1.165) is 30.3 Å². The van der Waals surface area contributed by atoms with Crippen LogP contribution in [0.3, 0.4) is 0 Å². The van der Waals surface area contributed by atoms with E-state index in [1.54, 1.807) is 22.6 Å². The van der Waals surface area contributed by atoms with Gasteiger partial charge in [-0.25, -0.2) is 13.4 Å². The second-order valence-electron chi connectivity index (χ2n) is 5.96. The molecule has 1 N–H and O–H groups in total. The van der Waals surface area contributed by atoms with Gasteiger partial charge in [0.15, 0.2) is 0 Å². The molecule has 0 saturated carbocycles. The number of fused-ring (bicyclic) bond motifs is 1. The fourth-order valence-electron chi connectivity index (χ4n) is 3.23. The number of nitrogens with one attached hydrogen (secondary N) is 1. The number of sulfonamides is 1. The van der Waals surface area contributed by atoms with Crippen LogP contribution >= 0.6 is 0 Å². The molecule has 0 aliphatic carbocycles. The van der Waals surface area contributed by atoms with Crippen molar-refractivity contribution in [1.82, 2.24) is 19.3 Å². The molecule has 124 valence electrons. The van der Waals surface area contributed by atoms with Crippen molar-refractivity contribution in [2.24, 2.45) is 0 Å². The predicted molar refractivity (Wildman–Crippen MR) is 90.8 cm³/mol. The van der Waals surface area contributed by atoms with E-state index in [0.29, 0.717) is 12.4 Å². The monoisotopic (exact) mass is 342 g/mol. The SMILES string of the molecule is O=S(=O)(c1cccnc1)N1CCCCC1c1nc2ccccc2[nH]1. The molecule has 1 unspecified atom stereocenters. The van der Waals surface area contributed by atoms with Crippen LogP contribution in [0.1, 0.15) is 31.1 Å². The fourth-order valence-corrected chi connectivity index (χ4v) is 4.86. The number of pyridine rings is 1. The highest BCUT2D eigenvalue weighted by molar-refractivity contribution is 7.89. The van der Waals surface area contributed by atoms with E-state index >= 15 is 0 Å². The van der Waals surface area contributed by atoms with Crippen LogP contribution in [0.25, 0.3) is 11.0 Å². The van der Waals surface area contributed by atoms with E-state index in [-0.39, 0.29) is 10.9 Å². The molecule has 7 heteroatoms. The summed E-state index contributed by atoms with van der Waals surface area (Å²) in [5.41, 5.74) is 1.79. The van der Waals surface area contributed by atoms with Crippen molar-refractivity contribution >= 4 is 21.1 Å². The Morgan fingerprint density at radius 3 is 2.79 bits per heavy atom. The molecule has 1 aliphatic heterocycles. The molecule has 0 bridgehead atoms. The van der Waals surface area contributed by atoms with Gasteiger partial charge in [0.2, 0.25) is 10.0 Å². The molecule has 24 heavy (non-hydrogen) atoms. The lowest BCUT2D eigenvalue weighted by atomic mass is 10.0. The third-order valence-corrected chi connectivity index (χ3v) is 6.31. The average Bonchev–Trinajstić information content (AvgIpc) is 3.06. The van der Waals surface area contributed by atoms with Crippen LogP contribution in [0.2, 0.25) is 0 Å². The number of aromatic nitrogens is 3. The first-order chi connectivity index (χ1) is 11.7. The Morgan fingerprint density at radius 1 is 1.12 bits per heavy atom. The van der Waals surface area contributed by atoms with Crippen molar-refractivity contribution in [3.8, 4) is 0 Å². The van der Waals surface area contributed by atoms with Crippen LogP contribution in [-0.4, -0.2) is 34.2 Å². The summed E-state index contributed by atoms with van der Waals surface area (Å²) in [7, 11) is -3.59. The van der Waals surface area contributed by atoms with Gasteiger partial charge in [0.1, 0.15) is 10.7 Å². The van der Waals surface area contributed by atoms with Crippen LogP contribution in [0.15, 0.2) is 53.7 Å². The zero-order valence-electron chi connectivity index (χ0n) is 13.1. The number of piperidine rings is 1. The fraction of sp³-hybridized carbons (Fsp3) is 0.294. The number of imidazole rings is 1. The Kier molecular flexibility index (Phi) is 3.82. The Bertz CT molecular complexity index is 920. The molecular weight excluding hydrogens is 324 g/mol. The van der Waals surface area contributed by atoms with Gasteiger partial charge in [-0.05, 0) is 37.1 Å². The van der Waals surface area contributed by atoms with Gasteiger partial charge in [-0.1, -0.05) is 18.6 Å². The lowest BCUT2D eigenvalue weighted by molar-refractivity contribution is 0.248. The normalized spacial score (nSPS) is 19.6. The molecule has 1 fully saturated rings. The molecule has 1 aliphatic rings. The number of benzene rings is 1. The van der Waals surface area contributed by atoms with E-state index in [4.69, 9.17) is 0 Å². The van der Waals surface area contributed by atoms with Crippen LogP contribution in [0.4, 0.5) is 0 Å². The first-order valence-corrected chi connectivity index (χ1v) is 9.47. The predicted octanol–water partition coefficient (Wildman–Crippen LogP) is 2.87. The quantitative estimate of drug-likeness (QED) is 0.794. The van der Waals surface area contributed by atoms with E-state index in [2.05, 4.69) is 15.0 Å². The highest BCUT2D eigenvalue weighted by Gasteiger charge is 2.36. The van der Waals surface area contributed by atoms with Gasteiger partial charge in [0, 0.05) is 18.9 Å². The van der Waals surface area contributed by atoms with Crippen LogP contribution in [0, 0.1) is 0 Å². The summed E-state index contributed by atoms with van der Waals surface area (Å²) < 4.78 is 27.6. The molecule has 2 aromatic heterocycles. The zero-order valence-corrected chi connectivity index (χ0v) is 13.9. The maximum absolute atomic E-state index is 13.0. The zero-order chi connectivity index (χ0) is 16.6. The van der Waals surface area contributed by atoms with Crippen molar-refractivity contribution in [2.75, 3.05) is 6.54 Å². The summed E-state index contributed by atoms with van der Waals surface area (Å²) in [4.78, 5) is 12.1. The van der Waals surface area contributed by atoms with E-state index < -0.39 is 10.0 Å². The lowest BCUT2D eigenvalue weighted by Gasteiger charge is -2.33. The minimum Gasteiger partial charge on any atom is -0.341 e. The molecule has 4 rings (SSSR count). The second kappa shape index (κ2) is 5.99. The minimum atomic E-state index is -3.59. The molecule has 6 nitrogen and oxygen atoms in total. The lowest BCUT2D eigenvalue weighted by Crippen LogP contribution is -2.39. The molecule has 0 amide bonds. The first kappa shape index (κ1) is 15.3. The standard InChI is InChI=1S/C17H18N4O2S/c22-24(23,13-6-5-10-18-12-13)21-11-4-3-9-16(21)17-19-14-7-1-2-8-15(14)20-17/h1-2,5-8,10,12,16H,3-4,9,11H2,(H,19,20). The average molecular weight is 342 g/mol.